The molecule has 1 aromatic heterocycles. The number of hydrogen-bond donors (Lipinski definition) is 1. The van der Waals surface area contributed by atoms with Gasteiger partial charge in [0.2, 0.25) is 0 Å². The molecule has 3 aromatic rings. The average Bonchev–Trinajstić information content (AvgIpc) is 2.68. The number of nitrogens with zero attached hydrogens (tertiary/aromatic N) is 1. The van der Waals surface area contributed by atoms with Gasteiger partial charge in [-0.05, 0) is 36.8 Å². The highest BCUT2D eigenvalue weighted by Crippen LogP contribution is 2.34. The molecule has 152 valence electrons. The maximum atomic E-state index is 13.0. The van der Waals surface area contributed by atoms with Gasteiger partial charge in [0.15, 0.2) is 6.61 Å². The molecule has 0 radical (unpaired) electrons. The van der Waals surface area contributed by atoms with Crippen molar-refractivity contribution in [3.8, 4) is 5.75 Å². The standard InChI is InChI=1S/C21H19F3N2O3/c1-2-11-26-12-10-14-15(20(26)28)6-5-9-18(14)29-13-19(27)25-17-8-4-3-7-16(17)21(22,23)24/h3-10,12H,2,11,13H2,1H3,(H,25,27). The third-order valence-corrected chi connectivity index (χ3v) is 4.31. The van der Waals surface area contributed by atoms with Crippen LogP contribution in [0.2, 0.25) is 0 Å². The van der Waals surface area contributed by atoms with Crippen molar-refractivity contribution in [2.24, 2.45) is 0 Å². The first-order valence-electron chi connectivity index (χ1n) is 9.02. The van der Waals surface area contributed by atoms with Gasteiger partial charge in [-0.25, -0.2) is 0 Å². The molecule has 0 aliphatic carbocycles. The number of para-hydroxylation sites is 1. The van der Waals surface area contributed by atoms with Gasteiger partial charge in [0.05, 0.1) is 16.6 Å². The van der Waals surface area contributed by atoms with E-state index in [1.165, 1.54) is 18.2 Å². The number of aromatic nitrogens is 1. The van der Waals surface area contributed by atoms with Crippen LogP contribution in [-0.2, 0) is 17.5 Å². The van der Waals surface area contributed by atoms with Crippen LogP contribution in [-0.4, -0.2) is 17.1 Å². The Hall–Kier alpha value is -3.29. The number of rotatable bonds is 6. The van der Waals surface area contributed by atoms with Gasteiger partial charge in [-0.15, -0.1) is 0 Å². The molecule has 29 heavy (non-hydrogen) atoms. The van der Waals surface area contributed by atoms with E-state index in [1.807, 2.05) is 6.92 Å². The van der Waals surface area contributed by atoms with Crippen LogP contribution in [0.1, 0.15) is 18.9 Å². The third kappa shape index (κ3) is 4.59. The molecule has 5 nitrogen and oxygen atoms in total. The normalized spacial score (nSPS) is 11.4. The first-order valence-corrected chi connectivity index (χ1v) is 9.02. The number of nitrogens with one attached hydrogen (secondary N) is 1. The van der Waals surface area contributed by atoms with E-state index in [4.69, 9.17) is 4.74 Å². The molecule has 0 fully saturated rings. The molecule has 8 heteroatoms. The summed E-state index contributed by atoms with van der Waals surface area (Å²) in [7, 11) is 0. The molecular formula is C21H19F3N2O3. The van der Waals surface area contributed by atoms with Gasteiger partial charge >= 0.3 is 6.18 Å². The maximum Gasteiger partial charge on any atom is 0.418 e. The highest BCUT2D eigenvalue weighted by Gasteiger charge is 2.33. The monoisotopic (exact) mass is 404 g/mol. The number of pyridine rings is 1. The molecule has 0 aliphatic heterocycles. The van der Waals surface area contributed by atoms with Crippen molar-refractivity contribution in [2.45, 2.75) is 26.1 Å². The summed E-state index contributed by atoms with van der Waals surface area (Å²) in [6.45, 7) is 2.05. The minimum absolute atomic E-state index is 0.168. The molecule has 0 saturated carbocycles. The van der Waals surface area contributed by atoms with Gasteiger partial charge < -0.3 is 14.6 Å². The van der Waals surface area contributed by atoms with Gasteiger partial charge in [0.1, 0.15) is 5.75 Å². The zero-order valence-corrected chi connectivity index (χ0v) is 15.6. The molecule has 0 atom stereocenters. The van der Waals surface area contributed by atoms with E-state index >= 15 is 0 Å². The van der Waals surface area contributed by atoms with Gasteiger partial charge in [-0.1, -0.05) is 25.1 Å². The second kappa shape index (κ2) is 8.38. The Bertz CT molecular complexity index is 1090. The van der Waals surface area contributed by atoms with Gasteiger partial charge in [-0.3, -0.25) is 9.59 Å². The number of benzene rings is 2. The molecule has 0 bridgehead atoms. The quantitative estimate of drug-likeness (QED) is 0.661. The summed E-state index contributed by atoms with van der Waals surface area (Å²) in [5.41, 5.74) is -1.44. The summed E-state index contributed by atoms with van der Waals surface area (Å²) in [5.74, 6) is -0.430. The Morgan fingerprint density at radius 1 is 1.07 bits per heavy atom. The zero-order valence-electron chi connectivity index (χ0n) is 15.6. The summed E-state index contributed by atoms with van der Waals surface area (Å²) >= 11 is 0. The van der Waals surface area contributed by atoms with Crippen LogP contribution in [0.25, 0.3) is 10.8 Å². The maximum absolute atomic E-state index is 13.0. The predicted molar refractivity (Wildman–Crippen MR) is 104 cm³/mol. The second-order valence-electron chi connectivity index (χ2n) is 6.41. The fourth-order valence-corrected chi connectivity index (χ4v) is 3.00. The molecule has 1 amide bonds. The Kier molecular flexibility index (Phi) is 5.91. The lowest BCUT2D eigenvalue weighted by atomic mass is 10.1. The lowest BCUT2D eigenvalue weighted by molar-refractivity contribution is -0.137. The second-order valence-corrected chi connectivity index (χ2v) is 6.41. The Labute approximate surface area is 164 Å². The summed E-state index contributed by atoms with van der Waals surface area (Å²) in [6, 6.07) is 11.3. The number of halogens is 3. The number of alkyl halides is 3. The number of aryl methyl sites for hydroxylation is 1. The van der Waals surface area contributed by atoms with Crippen molar-refractivity contribution in [3.05, 3.63) is 70.6 Å². The Morgan fingerprint density at radius 2 is 1.83 bits per heavy atom. The number of fused-ring (bicyclic) bond motifs is 1. The van der Waals surface area contributed by atoms with Crippen LogP contribution >= 0.6 is 0 Å². The van der Waals surface area contributed by atoms with E-state index in [1.54, 1.807) is 35.0 Å². The van der Waals surface area contributed by atoms with Gasteiger partial charge in [-0.2, -0.15) is 13.2 Å². The van der Waals surface area contributed by atoms with Crippen molar-refractivity contribution < 1.29 is 22.7 Å². The number of carbonyl (C=O) groups is 1. The SMILES string of the molecule is CCCn1ccc2c(OCC(=O)Nc3ccccc3C(F)(F)F)cccc2c1=O. The number of anilines is 1. The molecule has 1 heterocycles. The zero-order chi connectivity index (χ0) is 21.0. The van der Waals surface area contributed by atoms with Crippen molar-refractivity contribution in [1.29, 1.82) is 0 Å². The van der Waals surface area contributed by atoms with Crippen molar-refractivity contribution in [1.82, 2.24) is 4.57 Å². The van der Waals surface area contributed by atoms with E-state index in [0.29, 0.717) is 23.1 Å². The highest BCUT2D eigenvalue weighted by molar-refractivity contribution is 5.93. The molecule has 0 unspecified atom stereocenters. The lowest BCUT2D eigenvalue weighted by Crippen LogP contribution is -2.23. The van der Waals surface area contributed by atoms with Crippen molar-refractivity contribution in [2.75, 3.05) is 11.9 Å². The predicted octanol–water partition coefficient (Wildman–Crippen LogP) is 4.45. The van der Waals surface area contributed by atoms with Crippen LogP contribution in [0.5, 0.6) is 5.75 Å². The lowest BCUT2D eigenvalue weighted by Gasteiger charge is -2.14. The highest BCUT2D eigenvalue weighted by atomic mass is 19.4. The van der Waals surface area contributed by atoms with Crippen molar-refractivity contribution >= 4 is 22.4 Å². The van der Waals surface area contributed by atoms with Crippen molar-refractivity contribution in [3.63, 3.8) is 0 Å². The molecule has 1 N–H and O–H groups in total. The first kappa shape index (κ1) is 20.4. The van der Waals surface area contributed by atoms with Gasteiger partial charge in [0.25, 0.3) is 11.5 Å². The van der Waals surface area contributed by atoms with Gasteiger partial charge in [0, 0.05) is 18.1 Å². The van der Waals surface area contributed by atoms with E-state index in [0.717, 1.165) is 12.5 Å². The van der Waals surface area contributed by atoms with Crippen LogP contribution < -0.4 is 15.6 Å². The fraction of sp³-hybridized carbons (Fsp3) is 0.238. The summed E-state index contributed by atoms with van der Waals surface area (Å²) in [6.07, 6.45) is -2.12. The van der Waals surface area contributed by atoms with E-state index in [9.17, 15) is 22.8 Å². The molecule has 3 rings (SSSR count). The number of carbonyl (C=O) groups excluding carboxylic acids is 1. The summed E-state index contributed by atoms with van der Waals surface area (Å²) in [4.78, 5) is 24.6. The fourth-order valence-electron chi connectivity index (χ4n) is 3.00. The van der Waals surface area contributed by atoms with E-state index in [-0.39, 0.29) is 11.2 Å². The average molecular weight is 404 g/mol. The minimum Gasteiger partial charge on any atom is -0.483 e. The number of hydrogen-bond acceptors (Lipinski definition) is 3. The minimum atomic E-state index is -4.58. The topological polar surface area (TPSA) is 60.3 Å². The molecular weight excluding hydrogens is 385 g/mol. The molecule has 0 aliphatic rings. The Balaban J connectivity index is 1.77. The number of ether oxygens (including phenoxy) is 1. The van der Waals surface area contributed by atoms with Crippen LogP contribution in [0.15, 0.2) is 59.5 Å². The Morgan fingerprint density at radius 3 is 2.55 bits per heavy atom. The van der Waals surface area contributed by atoms with E-state index < -0.39 is 24.3 Å². The number of amides is 1. The third-order valence-electron chi connectivity index (χ3n) is 4.31. The summed E-state index contributed by atoms with van der Waals surface area (Å²) in [5, 5.41) is 3.20. The molecule has 2 aromatic carbocycles. The van der Waals surface area contributed by atoms with Crippen LogP contribution in [0, 0.1) is 0 Å². The first-order chi connectivity index (χ1) is 13.8. The largest absolute Gasteiger partial charge is 0.483 e. The van der Waals surface area contributed by atoms with Crippen LogP contribution in [0.3, 0.4) is 0 Å². The van der Waals surface area contributed by atoms with E-state index in [2.05, 4.69) is 5.32 Å². The van der Waals surface area contributed by atoms with Crippen LogP contribution in [0.4, 0.5) is 18.9 Å². The molecule has 0 saturated heterocycles. The molecule has 0 spiro atoms. The smallest absolute Gasteiger partial charge is 0.418 e. The summed E-state index contributed by atoms with van der Waals surface area (Å²) < 4.78 is 46.2.